The number of rotatable bonds is 6. The summed E-state index contributed by atoms with van der Waals surface area (Å²) in [7, 11) is 1.36. The van der Waals surface area contributed by atoms with Crippen LogP contribution in [0.15, 0.2) is 48.9 Å². The number of Topliss-reactive ketones (excluding diaryl/α,β-unsaturated/α-hetero) is 1. The SMILES string of the molecule is Cc1nccn1Cc1cc2c(c(-c3cn(C)nc3C(F)(F)F)c1)OCC(C(c1ccc(Cl)c(Cl)c1)C1C(=O)OC(C)(C)OC1=O)C2=O. The zero-order valence-electron chi connectivity index (χ0n) is 25.4. The molecule has 0 N–H and O–H groups in total. The molecule has 0 spiro atoms. The molecule has 2 atom stereocenters. The van der Waals surface area contributed by atoms with E-state index in [1.54, 1.807) is 23.9 Å². The van der Waals surface area contributed by atoms with Crippen molar-refractivity contribution in [3.8, 4) is 16.9 Å². The van der Waals surface area contributed by atoms with Crippen molar-refractivity contribution >= 4 is 40.9 Å². The number of hydrogen-bond acceptors (Lipinski definition) is 8. The Kier molecular flexibility index (Phi) is 8.12. The molecule has 6 rings (SSSR count). The normalized spacial score (nSPS) is 18.7. The Hall–Kier alpha value is -4.36. The number of imidazole rings is 1. The summed E-state index contributed by atoms with van der Waals surface area (Å²) < 4.78 is 62.2. The molecule has 0 saturated carbocycles. The third-order valence-corrected chi connectivity index (χ3v) is 8.88. The van der Waals surface area contributed by atoms with Crippen molar-refractivity contribution in [3.63, 3.8) is 0 Å². The molecule has 2 aromatic carbocycles. The maximum atomic E-state index is 14.6. The molecule has 2 aromatic heterocycles. The largest absolute Gasteiger partial charge is 0.491 e. The second-order valence-electron chi connectivity index (χ2n) is 11.9. The fraction of sp³-hybridized carbons (Fsp3) is 0.344. The lowest BCUT2D eigenvalue weighted by Crippen LogP contribution is -2.51. The zero-order valence-corrected chi connectivity index (χ0v) is 26.9. The van der Waals surface area contributed by atoms with E-state index in [1.807, 2.05) is 0 Å². The zero-order chi connectivity index (χ0) is 34.0. The van der Waals surface area contributed by atoms with Crippen LogP contribution in [-0.4, -0.2) is 49.4 Å². The molecule has 0 radical (unpaired) electrons. The highest BCUT2D eigenvalue weighted by Gasteiger charge is 2.52. The molecule has 47 heavy (non-hydrogen) atoms. The fourth-order valence-corrected chi connectivity index (χ4v) is 6.40. The first-order chi connectivity index (χ1) is 22.0. The molecule has 0 bridgehead atoms. The second-order valence-corrected chi connectivity index (χ2v) is 12.7. The van der Waals surface area contributed by atoms with Gasteiger partial charge in [-0.15, -0.1) is 0 Å². The number of esters is 2. The van der Waals surface area contributed by atoms with E-state index in [-0.39, 0.29) is 39.0 Å². The Bertz CT molecular complexity index is 1920. The third kappa shape index (κ3) is 6.09. The Labute approximate surface area is 276 Å². The highest BCUT2D eigenvalue weighted by molar-refractivity contribution is 6.42. The Balaban J connectivity index is 1.52. The highest BCUT2D eigenvalue weighted by atomic mass is 35.5. The van der Waals surface area contributed by atoms with Crippen LogP contribution in [0.4, 0.5) is 13.2 Å². The Morgan fingerprint density at radius 2 is 1.70 bits per heavy atom. The Morgan fingerprint density at radius 3 is 2.32 bits per heavy atom. The van der Waals surface area contributed by atoms with Crippen LogP contribution < -0.4 is 4.74 Å². The van der Waals surface area contributed by atoms with Crippen LogP contribution in [0.25, 0.3) is 11.1 Å². The van der Waals surface area contributed by atoms with E-state index in [0.717, 1.165) is 4.68 Å². The standard InChI is InChI=1S/C32H27Cl2F3N4O6/c1-15-38-7-8-41(15)12-16-9-18(20-13-40(4)39-28(20)32(35,36)37)27-19(10-16)26(42)21(14-45-27)24(17-5-6-22(33)23(34)11-17)25-29(43)46-31(2,3)47-30(25)44/h5-11,13,21,24-25H,12,14H2,1-4H3. The number of ketones is 1. The maximum absolute atomic E-state index is 14.6. The number of cyclic esters (lactones) is 2. The fourth-order valence-electron chi connectivity index (χ4n) is 6.09. The quantitative estimate of drug-likeness (QED) is 0.169. The van der Waals surface area contributed by atoms with Crippen molar-refractivity contribution in [2.75, 3.05) is 6.61 Å². The third-order valence-electron chi connectivity index (χ3n) is 8.14. The number of carbonyl (C=O) groups is 3. The van der Waals surface area contributed by atoms with E-state index < -0.39 is 59.7 Å². The van der Waals surface area contributed by atoms with Gasteiger partial charge in [0.1, 0.15) is 11.6 Å². The molecule has 1 fully saturated rings. The van der Waals surface area contributed by atoms with Crippen molar-refractivity contribution in [2.24, 2.45) is 18.9 Å². The number of alkyl halides is 3. The summed E-state index contributed by atoms with van der Waals surface area (Å²) in [4.78, 5) is 45.5. The smallest absolute Gasteiger partial charge is 0.435 e. The van der Waals surface area contributed by atoms with E-state index in [2.05, 4.69) is 10.1 Å². The van der Waals surface area contributed by atoms with Crippen molar-refractivity contribution in [2.45, 2.75) is 45.2 Å². The van der Waals surface area contributed by atoms with Crippen LogP contribution in [0.2, 0.25) is 10.0 Å². The number of ether oxygens (including phenoxy) is 3. The molecule has 0 aliphatic carbocycles. The van der Waals surface area contributed by atoms with E-state index in [0.29, 0.717) is 17.0 Å². The minimum absolute atomic E-state index is 0.00631. The molecule has 2 aliphatic heterocycles. The molecule has 10 nitrogen and oxygen atoms in total. The number of halogens is 5. The first-order valence-electron chi connectivity index (χ1n) is 14.4. The van der Waals surface area contributed by atoms with Crippen LogP contribution >= 0.6 is 23.2 Å². The van der Waals surface area contributed by atoms with E-state index >= 15 is 0 Å². The van der Waals surface area contributed by atoms with Crippen LogP contribution in [0.1, 0.15) is 52.8 Å². The predicted molar refractivity (Wildman–Crippen MR) is 162 cm³/mol. The van der Waals surface area contributed by atoms with Crippen LogP contribution in [0.5, 0.6) is 5.75 Å². The molecule has 1 saturated heterocycles. The van der Waals surface area contributed by atoms with Gasteiger partial charge in [0.2, 0.25) is 0 Å². The van der Waals surface area contributed by atoms with Gasteiger partial charge in [0.15, 0.2) is 17.4 Å². The van der Waals surface area contributed by atoms with Gasteiger partial charge in [-0.05, 0) is 42.3 Å². The number of nitrogens with zero attached hydrogens (tertiary/aromatic N) is 4. The monoisotopic (exact) mass is 690 g/mol. The van der Waals surface area contributed by atoms with Gasteiger partial charge in [-0.25, -0.2) is 4.98 Å². The summed E-state index contributed by atoms with van der Waals surface area (Å²) in [6.45, 7) is 4.33. The van der Waals surface area contributed by atoms with E-state index in [4.69, 9.17) is 37.4 Å². The molecule has 15 heteroatoms. The van der Waals surface area contributed by atoms with Gasteiger partial charge < -0.3 is 18.8 Å². The average molecular weight is 691 g/mol. The van der Waals surface area contributed by atoms with Crippen molar-refractivity contribution in [1.82, 2.24) is 19.3 Å². The minimum Gasteiger partial charge on any atom is -0.491 e. The van der Waals surface area contributed by atoms with Gasteiger partial charge >= 0.3 is 18.1 Å². The summed E-state index contributed by atoms with van der Waals surface area (Å²) >= 11 is 12.5. The van der Waals surface area contributed by atoms with Gasteiger partial charge in [0, 0.05) is 63.1 Å². The molecule has 2 unspecified atom stereocenters. The second kappa shape index (κ2) is 11.7. The molecular weight excluding hydrogens is 664 g/mol. The lowest BCUT2D eigenvalue weighted by molar-refractivity contribution is -0.241. The molecular formula is C32H27Cl2F3N4O6. The summed E-state index contributed by atoms with van der Waals surface area (Å²) in [6.07, 6.45) is -0.328. The summed E-state index contributed by atoms with van der Waals surface area (Å²) in [6, 6.07) is 7.47. The van der Waals surface area contributed by atoms with Crippen molar-refractivity contribution < 1.29 is 41.8 Å². The van der Waals surface area contributed by atoms with E-state index in [9.17, 15) is 27.6 Å². The van der Waals surface area contributed by atoms with Crippen LogP contribution in [0, 0.1) is 18.8 Å². The first-order valence-corrected chi connectivity index (χ1v) is 15.1. The highest BCUT2D eigenvalue weighted by Crippen LogP contribution is 2.48. The molecule has 2 aliphatic rings. The number of carbonyl (C=O) groups excluding carboxylic acids is 3. The summed E-state index contributed by atoms with van der Waals surface area (Å²) in [5.74, 6) is -7.39. The van der Waals surface area contributed by atoms with Gasteiger partial charge in [-0.2, -0.15) is 18.3 Å². The number of benzene rings is 2. The van der Waals surface area contributed by atoms with Gasteiger partial charge in [0.05, 0.1) is 28.1 Å². The molecule has 4 aromatic rings. The van der Waals surface area contributed by atoms with Gasteiger partial charge in [0.25, 0.3) is 5.79 Å². The van der Waals surface area contributed by atoms with E-state index in [1.165, 1.54) is 57.4 Å². The van der Waals surface area contributed by atoms with Crippen LogP contribution in [0.3, 0.4) is 0 Å². The van der Waals surface area contributed by atoms with Crippen molar-refractivity contribution in [3.05, 3.63) is 87.2 Å². The van der Waals surface area contributed by atoms with Crippen LogP contribution in [-0.2, 0) is 38.8 Å². The lowest BCUT2D eigenvalue weighted by atomic mass is 9.72. The number of fused-ring (bicyclic) bond motifs is 1. The summed E-state index contributed by atoms with van der Waals surface area (Å²) in [5.41, 5.74) is -0.688. The number of hydrogen-bond donors (Lipinski definition) is 0. The first kappa shape index (κ1) is 32.6. The molecule has 246 valence electrons. The van der Waals surface area contributed by atoms with Gasteiger partial charge in [-0.3, -0.25) is 19.1 Å². The minimum atomic E-state index is -4.81. The molecule has 4 heterocycles. The number of aromatic nitrogens is 4. The maximum Gasteiger partial charge on any atom is 0.435 e. The summed E-state index contributed by atoms with van der Waals surface area (Å²) in [5, 5.41) is 3.94. The predicted octanol–water partition coefficient (Wildman–Crippen LogP) is 6.39. The Morgan fingerprint density at radius 1 is 1.02 bits per heavy atom. The average Bonchev–Trinajstić information content (AvgIpc) is 3.57. The van der Waals surface area contributed by atoms with Gasteiger partial charge in [-0.1, -0.05) is 29.3 Å². The number of aryl methyl sites for hydroxylation is 2. The molecule has 0 amide bonds. The van der Waals surface area contributed by atoms with Crippen molar-refractivity contribution in [1.29, 1.82) is 0 Å². The topological polar surface area (TPSA) is 115 Å². The lowest BCUT2D eigenvalue weighted by Gasteiger charge is -2.39.